The molecule has 0 amide bonds. The second-order valence-electron chi connectivity index (χ2n) is 4.33. The summed E-state index contributed by atoms with van der Waals surface area (Å²) in [7, 11) is 1.61. The molecule has 1 aliphatic rings. The molecule has 2 aromatic rings. The Bertz CT molecular complexity index is 598. The molecule has 0 radical (unpaired) electrons. The van der Waals surface area contributed by atoms with Crippen LogP contribution in [0.3, 0.4) is 0 Å². The summed E-state index contributed by atoms with van der Waals surface area (Å²) in [5.74, 6) is 4.15. The molecule has 1 saturated heterocycles. The van der Waals surface area contributed by atoms with Crippen molar-refractivity contribution in [2.45, 2.75) is 12.6 Å². The third-order valence-electron chi connectivity index (χ3n) is 2.97. The Hall–Kier alpha value is -1.73. The molecule has 20 heavy (non-hydrogen) atoms. The molecule has 1 aliphatic heterocycles. The molecule has 0 atom stereocenters. The second-order valence-corrected chi connectivity index (χ2v) is 5.41. The van der Waals surface area contributed by atoms with Crippen molar-refractivity contribution in [3.63, 3.8) is 0 Å². The van der Waals surface area contributed by atoms with Gasteiger partial charge in [-0.1, -0.05) is 11.2 Å². The lowest BCUT2D eigenvalue weighted by molar-refractivity contribution is 0.229. The highest BCUT2D eigenvalue weighted by Crippen LogP contribution is 2.39. The number of rotatable bonds is 5. The first-order valence-electron chi connectivity index (χ1n) is 6.26. The van der Waals surface area contributed by atoms with Gasteiger partial charge in [-0.15, -0.1) is 0 Å². The molecule has 1 aromatic heterocycles. The van der Waals surface area contributed by atoms with E-state index in [1.807, 2.05) is 30.0 Å². The van der Waals surface area contributed by atoms with Crippen molar-refractivity contribution in [2.24, 2.45) is 5.73 Å². The SMILES string of the molecule is COc1cccc(-c2noc(CN)n2)c1OC1CSC1. The third kappa shape index (κ3) is 2.46. The number of methoxy groups -OCH3 is 1. The first-order valence-corrected chi connectivity index (χ1v) is 7.41. The smallest absolute Gasteiger partial charge is 0.240 e. The first kappa shape index (κ1) is 13.3. The predicted molar refractivity (Wildman–Crippen MR) is 75.9 cm³/mol. The average Bonchev–Trinajstić information content (AvgIpc) is 2.91. The van der Waals surface area contributed by atoms with Gasteiger partial charge in [0, 0.05) is 11.5 Å². The van der Waals surface area contributed by atoms with Crippen molar-refractivity contribution in [3.8, 4) is 22.9 Å². The predicted octanol–water partition coefficient (Wildman–Crippen LogP) is 1.70. The summed E-state index contributed by atoms with van der Waals surface area (Å²) in [5.41, 5.74) is 6.25. The number of hydrogen-bond acceptors (Lipinski definition) is 7. The van der Waals surface area contributed by atoms with Crippen LogP contribution < -0.4 is 15.2 Å². The fourth-order valence-electron chi connectivity index (χ4n) is 1.87. The molecule has 0 saturated carbocycles. The summed E-state index contributed by atoms with van der Waals surface area (Å²) in [6, 6.07) is 5.61. The number of nitrogens with zero attached hydrogens (tertiary/aromatic N) is 2. The molecule has 0 spiro atoms. The van der Waals surface area contributed by atoms with Crippen LogP contribution in [0, 0.1) is 0 Å². The Morgan fingerprint density at radius 1 is 1.45 bits per heavy atom. The lowest BCUT2D eigenvalue weighted by atomic mass is 10.1. The van der Waals surface area contributed by atoms with E-state index in [1.165, 1.54) is 0 Å². The van der Waals surface area contributed by atoms with E-state index in [4.69, 9.17) is 19.7 Å². The first-order chi connectivity index (χ1) is 9.81. The van der Waals surface area contributed by atoms with E-state index in [-0.39, 0.29) is 12.6 Å². The van der Waals surface area contributed by atoms with Gasteiger partial charge >= 0.3 is 0 Å². The molecule has 1 aromatic carbocycles. The van der Waals surface area contributed by atoms with Crippen LogP contribution in [0.25, 0.3) is 11.4 Å². The van der Waals surface area contributed by atoms with Crippen LogP contribution in [0.4, 0.5) is 0 Å². The van der Waals surface area contributed by atoms with Gasteiger partial charge in [-0.05, 0) is 12.1 Å². The van der Waals surface area contributed by atoms with E-state index in [0.29, 0.717) is 23.2 Å². The fourth-order valence-corrected chi connectivity index (χ4v) is 2.43. The van der Waals surface area contributed by atoms with E-state index >= 15 is 0 Å². The molecular formula is C13H15N3O3S. The van der Waals surface area contributed by atoms with Crippen molar-refractivity contribution in [2.75, 3.05) is 18.6 Å². The zero-order valence-electron chi connectivity index (χ0n) is 11.0. The van der Waals surface area contributed by atoms with Gasteiger partial charge < -0.3 is 19.7 Å². The minimum absolute atomic E-state index is 0.205. The van der Waals surface area contributed by atoms with E-state index in [2.05, 4.69) is 10.1 Å². The Morgan fingerprint density at radius 3 is 2.90 bits per heavy atom. The molecule has 2 N–H and O–H groups in total. The highest BCUT2D eigenvalue weighted by atomic mass is 32.2. The van der Waals surface area contributed by atoms with Gasteiger partial charge in [0.2, 0.25) is 11.7 Å². The number of nitrogens with two attached hydrogens (primary N) is 1. The van der Waals surface area contributed by atoms with E-state index in [1.54, 1.807) is 7.11 Å². The van der Waals surface area contributed by atoms with Gasteiger partial charge in [0.1, 0.15) is 6.10 Å². The highest BCUT2D eigenvalue weighted by molar-refractivity contribution is 8.00. The zero-order chi connectivity index (χ0) is 13.9. The Kier molecular flexibility index (Phi) is 3.79. The molecular weight excluding hydrogens is 278 g/mol. The van der Waals surface area contributed by atoms with Crippen molar-refractivity contribution < 1.29 is 14.0 Å². The molecule has 0 unspecified atom stereocenters. The lowest BCUT2D eigenvalue weighted by Gasteiger charge is -2.27. The monoisotopic (exact) mass is 293 g/mol. The average molecular weight is 293 g/mol. The van der Waals surface area contributed by atoms with Gasteiger partial charge in [-0.3, -0.25) is 0 Å². The van der Waals surface area contributed by atoms with Gasteiger partial charge in [-0.2, -0.15) is 16.7 Å². The Labute approximate surface area is 120 Å². The molecule has 7 heteroatoms. The maximum absolute atomic E-state index is 6.00. The molecule has 3 rings (SSSR count). The number of hydrogen-bond donors (Lipinski definition) is 1. The minimum atomic E-state index is 0.205. The van der Waals surface area contributed by atoms with Gasteiger partial charge in [-0.25, -0.2) is 0 Å². The number of ether oxygens (including phenoxy) is 2. The molecule has 0 aliphatic carbocycles. The summed E-state index contributed by atoms with van der Waals surface area (Å²) in [6.45, 7) is 0.215. The quantitative estimate of drug-likeness (QED) is 0.898. The van der Waals surface area contributed by atoms with Gasteiger partial charge in [0.05, 0.1) is 19.2 Å². The van der Waals surface area contributed by atoms with E-state index < -0.39 is 0 Å². The molecule has 1 fully saturated rings. The van der Waals surface area contributed by atoms with Crippen molar-refractivity contribution in [3.05, 3.63) is 24.1 Å². The maximum atomic E-state index is 6.00. The topological polar surface area (TPSA) is 83.4 Å². The van der Waals surface area contributed by atoms with Crippen LogP contribution in [0.2, 0.25) is 0 Å². The lowest BCUT2D eigenvalue weighted by Crippen LogP contribution is -2.31. The number of para-hydroxylation sites is 1. The van der Waals surface area contributed by atoms with Crippen molar-refractivity contribution in [1.82, 2.24) is 10.1 Å². The number of thioether (sulfide) groups is 1. The Balaban J connectivity index is 1.99. The highest BCUT2D eigenvalue weighted by Gasteiger charge is 2.25. The summed E-state index contributed by atoms with van der Waals surface area (Å²) in [6.07, 6.45) is 0.205. The maximum Gasteiger partial charge on any atom is 0.240 e. The number of aromatic nitrogens is 2. The molecule has 0 bridgehead atoms. The summed E-state index contributed by atoms with van der Waals surface area (Å²) in [5, 5.41) is 3.94. The van der Waals surface area contributed by atoms with Crippen LogP contribution in [0.15, 0.2) is 22.7 Å². The normalized spacial score (nSPS) is 14.9. The van der Waals surface area contributed by atoms with Crippen LogP contribution >= 0.6 is 11.8 Å². The largest absolute Gasteiger partial charge is 0.493 e. The summed E-state index contributed by atoms with van der Waals surface area (Å²) < 4.78 is 16.4. The minimum Gasteiger partial charge on any atom is -0.493 e. The molecule has 6 nitrogen and oxygen atoms in total. The number of benzene rings is 1. The molecule has 2 heterocycles. The summed E-state index contributed by atoms with van der Waals surface area (Å²) in [4.78, 5) is 4.24. The van der Waals surface area contributed by atoms with Gasteiger partial charge in [0.15, 0.2) is 11.5 Å². The van der Waals surface area contributed by atoms with Crippen molar-refractivity contribution >= 4 is 11.8 Å². The zero-order valence-corrected chi connectivity index (χ0v) is 11.9. The Morgan fingerprint density at radius 2 is 2.30 bits per heavy atom. The molecule has 106 valence electrons. The second kappa shape index (κ2) is 5.72. The van der Waals surface area contributed by atoms with E-state index in [0.717, 1.165) is 17.1 Å². The van der Waals surface area contributed by atoms with Gasteiger partial charge in [0.25, 0.3) is 0 Å². The summed E-state index contributed by atoms with van der Waals surface area (Å²) >= 11 is 1.86. The van der Waals surface area contributed by atoms with Crippen molar-refractivity contribution in [1.29, 1.82) is 0 Å². The fraction of sp³-hybridized carbons (Fsp3) is 0.385. The standard InChI is InChI=1S/C13H15N3O3S/c1-17-10-4-2-3-9(12(10)18-8-6-20-7-8)13-15-11(5-14)19-16-13/h2-4,8H,5-7,14H2,1H3. The van der Waals surface area contributed by atoms with Crippen LogP contribution in [0.5, 0.6) is 11.5 Å². The third-order valence-corrected chi connectivity index (χ3v) is 4.19. The van der Waals surface area contributed by atoms with Crippen LogP contribution in [-0.4, -0.2) is 34.9 Å². The van der Waals surface area contributed by atoms with Crippen LogP contribution in [0.1, 0.15) is 5.89 Å². The van der Waals surface area contributed by atoms with E-state index in [9.17, 15) is 0 Å². The van der Waals surface area contributed by atoms with Crippen LogP contribution in [-0.2, 0) is 6.54 Å².